The lowest BCUT2D eigenvalue weighted by Gasteiger charge is -2.37. The minimum Gasteiger partial charge on any atom is -0.314 e. The van der Waals surface area contributed by atoms with E-state index in [0.29, 0.717) is 5.41 Å². The highest BCUT2D eigenvalue weighted by atomic mass is 15.2. The molecule has 1 atom stereocenters. The fourth-order valence-electron chi connectivity index (χ4n) is 4.15. The lowest BCUT2D eigenvalue weighted by atomic mass is 9.69. The summed E-state index contributed by atoms with van der Waals surface area (Å²) in [6.45, 7) is 10.7. The molecule has 1 aliphatic carbocycles. The Kier molecular flexibility index (Phi) is 4.66. The molecule has 1 aromatic carbocycles. The summed E-state index contributed by atoms with van der Waals surface area (Å²) in [4.78, 5) is 2.60. The van der Waals surface area contributed by atoms with Gasteiger partial charge in [-0.2, -0.15) is 0 Å². The second-order valence-corrected chi connectivity index (χ2v) is 7.68. The van der Waals surface area contributed by atoms with Crippen LogP contribution in [0.2, 0.25) is 0 Å². The van der Waals surface area contributed by atoms with Crippen molar-refractivity contribution in [2.45, 2.75) is 52.0 Å². The molecule has 21 heavy (non-hydrogen) atoms. The van der Waals surface area contributed by atoms with Gasteiger partial charge in [0.1, 0.15) is 0 Å². The summed E-state index contributed by atoms with van der Waals surface area (Å²) in [5, 5.41) is 3.45. The van der Waals surface area contributed by atoms with Gasteiger partial charge in [0.25, 0.3) is 0 Å². The van der Waals surface area contributed by atoms with Crippen LogP contribution in [0.25, 0.3) is 0 Å². The van der Waals surface area contributed by atoms with Crippen molar-refractivity contribution in [2.24, 2.45) is 5.41 Å². The van der Waals surface area contributed by atoms with Crippen molar-refractivity contribution in [3.8, 4) is 0 Å². The van der Waals surface area contributed by atoms with Gasteiger partial charge in [0.15, 0.2) is 0 Å². The summed E-state index contributed by atoms with van der Waals surface area (Å²) in [6.07, 6.45) is 5.51. The molecule has 2 heteroatoms. The summed E-state index contributed by atoms with van der Waals surface area (Å²) in [7, 11) is 0. The van der Waals surface area contributed by atoms with Crippen molar-refractivity contribution in [1.29, 1.82) is 0 Å². The van der Waals surface area contributed by atoms with Crippen molar-refractivity contribution in [3.05, 3.63) is 35.4 Å². The average molecular weight is 286 g/mol. The Morgan fingerprint density at radius 1 is 1.19 bits per heavy atom. The highest BCUT2D eigenvalue weighted by Gasteiger charge is 2.29. The zero-order chi connectivity index (χ0) is 14.7. The average Bonchev–Trinajstić information content (AvgIpc) is 2.48. The van der Waals surface area contributed by atoms with Crippen molar-refractivity contribution in [3.63, 3.8) is 0 Å². The van der Waals surface area contributed by atoms with E-state index in [4.69, 9.17) is 0 Å². The fraction of sp³-hybridized carbons (Fsp3) is 0.684. The number of nitrogens with zero attached hydrogens (tertiary/aromatic N) is 1. The van der Waals surface area contributed by atoms with Crippen molar-refractivity contribution in [2.75, 3.05) is 26.2 Å². The second kappa shape index (κ2) is 6.50. The highest BCUT2D eigenvalue weighted by Crippen LogP contribution is 2.44. The number of hydrogen-bond donors (Lipinski definition) is 1. The SMILES string of the molecule is CC1(C)CCCC(c2ccccc2CN2CCNCC2)C1. The molecule has 0 radical (unpaired) electrons. The van der Waals surface area contributed by atoms with Gasteiger partial charge in [-0.05, 0) is 41.7 Å². The first-order valence-corrected chi connectivity index (χ1v) is 8.65. The summed E-state index contributed by atoms with van der Waals surface area (Å²) in [5.74, 6) is 0.771. The molecule has 1 aliphatic heterocycles. The summed E-state index contributed by atoms with van der Waals surface area (Å²) in [6, 6.07) is 9.20. The van der Waals surface area contributed by atoms with E-state index in [9.17, 15) is 0 Å². The van der Waals surface area contributed by atoms with Gasteiger partial charge < -0.3 is 5.32 Å². The molecule has 1 aromatic rings. The fourth-order valence-corrected chi connectivity index (χ4v) is 4.15. The highest BCUT2D eigenvalue weighted by molar-refractivity contribution is 5.31. The van der Waals surface area contributed by atoms with E-state index in [1.165, 1.54) is 38.8 Å². The third kappa shape index (κ3) is 3.87. The molecule has 0 spiro atoms. The Bertz CT molecular complexity index is 460. The van der Waals surface area contributed by atoms with Crippen LogP contribution in [-0.2, 0) is 6.54 Å². The second-order valence-electron chi connectivity index (χ2n) is 7.68. The number of nitrogens with one attached hydrogen (secondary N) is 1. The smallest absolute Gasteiger partial charge is 0.0237 e. The van der Waals surface area contributed by atoms with Crippen LogP contribution in [0.3, 0.4) is 0 Å². The van der Waals surface area contributed by atoms with Gasteiger partial charge >= 0.3 is 0 Å². The van der Waals surface area contributed by atoms with Crippen LogP contribution < -0.4 is 5.32 Å². The van der Waals surface area contributed by atoms with Gasteiger partial charge in [0.2, 0.25) is 0 Å². The number of benzene rings is 1. The molecule has 1 N–H and O–H groups in total. The van der Waals surface area contributed by atoms with Crippen molar-refractivity contribution >= 4 is 0 Å². The molecular formula is C19H30N2. The maximum Gasteiger partial charge on any atom is 0.0237 e. The van der Waals surface area contributed by atoms with Crippen LogP contribution in [0.5, 0.6) is 0 Å². The molecule has 1 unspecified atom stereocenters. The zero-order valence-corrected chi connectivity index (χ0v) is 13.7. The minimum atomic E-state index is 0.519. The lowest BCUT2D eigenvalue weighted by molar-refractivity contribution is 0.213. The molecule has 1 saturated heterocycles. The predicted octanol–water partition coefficient (Wildman–Crippen LogP) is 3.78. The first-order valence-electron chi connectivity index (χ1n) is 8.65. The van der Waals surface area contributed by atoms with E-state index in [2.05, 4.69) is 48.3 Å². The number of rotatable bonds is 3. The van der Waals surface area contributed by atoms with E-state index in [-0.39, 0.29) is 0 Å². The van der Waals surface area contributed by atoms with E-state index < -0.39 is 0 Å². The Balaban J connectivity index is 1.75. The Hall–Kier alpha value is -0.860. The quantitative estimate of drug-likeness (QED) is 0.910. The molecule has 2 fully saturated rings. The van der Waals surface area contributed by atoms with E-state index in [1.807, 2.05) is 0 Å². The summed E-state index contributed by atoms with van der Waals surface area (Å²) < 4.78 is 0. The third-order valence-corrected chi connectivity index (χ3v) is 5.30. The van der Waals surface area contributed by atoms with E-state index >= 15 is 0 Å². The Morgan fingerprint density at radius 3 is 2.71 bits per heavy atom. The molecule has 2 nitrogen and oxygen atoms in total. The topological polar surface area (TPSA) is 15.3 Å². The first-order chi connectivity index (χ1) is 10.1. The molecule has 0 bridgehead atoms. The normalized spacial score (nSPS) is 26.7. The van der Waals surface area contributed by atoms with Gasteiger partial charge in [0, 0.05) is 32.7 Å². The van der Waals surface area contributed by atoms with Crippen molar-refractivity contribution in [1.82, 2.24) is 10.2 Å². The third-order valence-electron chi connectivity index (χ3n) is 5.30. The maximum atomic E-state index is 3.45. The standard InChI is InChI=1S/C19H30N2/c1-19(2)9-5-7-16(14-19)18-8-4-3-6-17(18)15-21-12-10-20-11-13-21/h3-4,6,8,16,20H,5,7,9-15H2,1-2H3. The molecule has 0 aromatic heterocycles. The van der Waals surface area contributed by atoms with Crippen LogP contribution in [0, 0.1) is 5.41 Å². The molecule has 1 saturated carbocycles. The van der Waals surface area contributed by atoms with E-state index in [0.717, 1.165) is 25.6 Å². The van der Waals surface area contributed by atoms with Crippen molar-refractivity contribution < 1.29 is 0 Å². The number of hydrogen-bond acceptors (Lipinski definition) is 2. The summed E-state index contributed by atoms with van der Waals surface area (Å²) in [5.41, 5.74) is 3.72. The van der Waals surface area contributed by atoms with Gasteiger partial charge in [0.05, 0.1) is 0 Å². The van der Waals surface area contributed by atoms with Crippen LogP contribution in [0.4, 0.5) is 0 Å². The zero-order valence-electron chi connectivity index (χ0n) is 13.7. The molecule has 2 aliphatic rings. The largest absolute Gasteiger partial charge is 0.314 e. The minimum absolute atomic E-state index is 0.519. The van der Waals surface area contributed by atoms with Gasteiger partial charge in [-0.25, -0.2) is 0 Å². The molecule has 1 heterocycles. The van der Waals surface area contributed by atoms with Gasteiger partial charge in [-0.1, -0.05) is 44.5 Å². The van der Waals surface area contributed by atoms with Crippen LogP contribution in [0.1, 0.15) is 56.6 Å². The van der Waals surface area contributed by atoms with Crippen LogP contribution in [0.15, 0.2) is 24.3 Å². The predicted molar refractivity (Wildman–Crippen MR) is 89.6 cm³/mol. The van der Waals surface area contributed by atoms with Gasteiger partial charge in [-0.15, -0.1) is 0 Å². The number of piperazine rings is 1. The molecule has 0 amide bonds. The molecule has 116 valence electrons. The molecule has 3 rings (SSSR count). The molecular weight excluding hydrogens is 256 g/mol. The first kappa shape index (κ1) is 15.1. The Morgan fingerprint density at radius 2 is 1.95 bits per heavy atom. The van der Waals surface area contributed by atoms with E-state index in [1.54, 1.807) is 11.1 Å². The maximum absolute atomic E-state index is 3.45. The lowest BCUT2D eigenvalue weighted by Crippen LogP contribution is -2.43. The summed E-state index contributed by atoms with van der Waals surface area (Å²) >= 11 is 0. The monoisotopic (exact) mass is 286 g/mol. The Labute approximate surface area is 129 Å². The van der Waals surface area contributed by atoms with Gasteiger partial charge in [-0.3, -0.25) is 4.90 Å². The van der Waals surface area contributed by atoms with Crippen LogP contribution >= 0.6 is 0 Å². The van der Waals surface area contributed by atoms with Crippen LogP contribution in [-0.4, -0.2) is 31.1 Å².